The highest BCUT2D eigenvalue weighted by atomic mass is 16.5. The number of ether oxygens (including phenoxy) is 1. The van der Waals surface area contributed by atoms with E-state index in [0.717, 1.165) is 29.7 Å². The molecule has 1 aliphatic carbocycles. The van der Waals surface area contributed by atoms with Gasteiger partial charge in [-0.05, 0) is 24.5 Å². The van der Waals surface area contributed by atoms with Crippen molar-refractivity contribution in [3.63, 3.8) is 0 Å². The van der Waals surface area contributed by atoms with Gasteiger partial charge in [-0.15, -0.1) is 0 Å². The van der Waals surface area contributed by atoms with Crippen LogP contribution in [0.15, 0.2) is 54.6 Å². The van der Waals surface area contributed by atoms with E-state index in [0.29, 0.717) is 13.2 Å². The molecule has 0 unspecified atom stereocenters. The molecule has 3 N–H and O–H groups in total. The zero-order valence-electron chi connectivity index (χ0n) is 12.4. The zero-order valence-corrected chi connectivity index (χ0v) is 12.4. The molecular weight excluding hydrogens is 276 g/mol. The Hall–Kier alpha value is -2.33. The molecule has 1 aliphatic rings. The summed E-state index contributed by atoms with van der Waals surface area (Å²) in [5, 5.41) is 2.90. The summed E-state index contributed by atoms with van der Waals surface area (Å²) < 4.78 is 5.87. The van der Waals surface area contributed by atoms with Crippen LogP contribution in [0, 0.1) is 0 Å². The largest absolute Gasteiger partial charge is 0.489 e. The molecule has 0 atom stereocenters. The van der Waals surface area contributed by atoms with Crippen molar-refractivity contribution in [1.82, 2.24) is 5.32 Å². The van der Waals surface area contributed by atoms with E-state index >= 15 is 0 Å². The van der Waals surface area contributed by atoms with Gasteiger partial charge in [-0.2, -0.15) is 0 Å². The van der Waals surface area contributed by atoms with E-state index < -0.39 is 5.54 Å². The van der Waals surface area contributed by atoms with E-state index in [1.54, 1.807) is 0 Å². The van der Waals surface area contributed by atoms with Crippen molar-refractivity contribution in [1.29, 1.82) is 0 Å². The first-order valence-electron chi connectivity index (χ1n) is 7.49. The molecule has 1 saturated carbocycles. The second-order valence-electron chi connectivity index (χ2n) is 5.72. The number of rotatable bonds is 6. The summed E-state index contributed by atoms with van der Waals surface area (Å²) in [6, 6.07) is 17.7. The average Bonchev–Trinajstić information content (AvgIpc) is 3.31. The van der Waals surface area contributed by atoms with Crippen molar-refractivity contribution in [2.24, 2.45) is 5.73 Å². The molecule has 114 valence electrons. The van der Waals surface area contributed by atoms with Crippen LogP contribution in [0.4, 0.5) is 0 Å². The Balaban J connectivity index is 1.61. The summed E-state index contributed by atoms with van der Waals surface area (Å²) in [6.45, 7) is 0.940. The predicted molar refractivity (Wildman–Crippen MR) is 85.2 cm³/mol. The Morgan fingerprint density at radius 1 is 1.09 bits per heavy atom. The van der Waals surface area contributed by atoms with E-state index in [4.69, 9.17) is 10.5 Å². The molecule has 0 aromatic heterocycles. The maximum Gasteiger partial charge on any atom is 0.240 e. The third-order valence-electron chi connectivity index (χ3n) is 3.89. The number of nitrogens with one attached hydrogen (secondary N) is 1. The van der Waals surface area contributed by atoms with Gasteiger partial charge in [-0.25, -0.2) is 0 Å². The van der Waals surface area contributed by atoms with E-state index in [9.17, 15) is 4.79 Å². The molecule has 2 aromatic carbocycles. The molecule has 2 aromatic rings. The van der Waals surface area contributed by atoms with Gasteiger partial charge in [-0.1, -0.05) is 48.5 Å². The average molecular weight is 296 g/mol. The van der Waals surface area contributed by atoms with E-state index in [1.807, 2.05) is 54.6 Å². The van der Waals surface area contributed by atoms with E-state index in [1.165, 1.54) is 0 Å². The van der Waals surface area contributed by atoms with Crippen LogP contribution in [-0.4, -0.2) is 11.4 Å². The molecule has 1 amide bonds. The van der Waals surface area contributed by atoms with Crippen molar-refractivity contribution in [3.05, 3.63) is 65.7 Å². The minimum Gasteiger partial charge on any atom is -0.489 e. The molecule has 1 fully saturated rings. The number of carbonyl (C=O) groups excluding carboxylic acids is 1. The highest BCUT2D eigenvalue weighted by Gasteiger charge is 2.45. The first-order valence-corrected chi connectivity index (χ1v) is 7.49. The smallest absolute Gasteiger partial charge is 0.240 e. The van der Waals surface area contributed by atoms with Crippen molar-refractivity contribution >= 4 is 5.91 Å². The Labute approximate surface area is 130 Å². The zero-order chi connectivity index (χ0) is 15.4. The van der Waals surface area contributed by atoms with Gasteiger partial charge in [0, 0.05) is 12.1 Å². The van der Waals surface area contributed by atoms with Gasteiger partial charge < -0.3 is 15.8 Å². The van der Waals surface area contributed by atoms with Crippen LogP contribution in [0.2, 0.25) is 0 Å². The number of para-hydroxylation sites is 1. The van der Waals surface area contributed by atoms with Crippen LogP contribution >= 0.6 is 0 Å². The minimum absolute atomic E-state index is 0.0784. The molecule has 22 heavy (non-hydrogen) atoms. The normalized spacial score (nSPS) is 15.1. The fourth-order valence-corrected chi connectivity index (χ4v) is 2.24. The van der Waals surface area contributed by atoms with Crippen molar-refractivity contribution in [3.8, 4) is 5.75 Å². The number of carbonyl (C=O) groups is 1. The summed E-state index contributed by atoms with van der Waals surface area (Å²) in [7, 11) is 0. The highest BCUT2D eigenvalue weighted by molar-refractivity contribution is 5.88. The van der Waals surface area contributed by atoms with Gasteiger partial charge in [-0.3, -0.25) is 4.79 Å². The maximum atomic E-state index is 11.9. The summed E-state index contributed by atoms with van der Waals surface area (Å²) in [5.41, 5.74) is 7.31. The van der Waals surface area contributed by atoms with Gasteiger partial charge in [0.1, 0.15) is 12.4 Å². The van der Waals surface area contributed by atoms with E-state index in [2.05, 4.69) is 5.32 Å². The number of nitrogens with two attached hydrogens (primary N) is 1. The fourth-order valence-electron chi connectivity index (χ4n) is 2.24. The molecule has 4 heteroatoms. The number of hydrogen-bond acceptors (Lipinski definition) is 3. The first-order chi connectivity index (χ1) is 10.7. The first kappa shape index (κ1) is 14.6. The topological polar surface area (TPSA) is 64.4 Å². The molecule has 0 saturated heterocycles. The van der Waals surface area contributed by atoms with Gasteiger partial charge in [0.25, 0.3) is 0 Å². The molecule has 0 spiro atoms. The predicted octanol–water partition coefficient (Wildman–Crippen LogP) is 2.37. The van der Waals surface area contributed by atoms with Gasteiger partial charge >= 0.3 is 0 Å². The van der Waals surface area contributed by atoms with Crippen molar-refractivity contribution in [2.45, 2.75) is 31.5 Å². The summed E-state index contributed by atoms with van der Waals surface area (Å²) in [6.07, 6.45) is 1.54. The summed E-state index contributed by atoms with van der Waals surface area (Å²) in [4.78, 5) is 11.9. The van der Waals surface area contributed by atoms with Crippen LogP contribution in [-0.2, 0) is 17.9 Å². The molecule has 0 bridgehead atoms. The number of amides is 1. The molecule has 0 heterocycles. The minimum atomic E-state index is -0.639. The van der Waals surface area contributed by atoms with Gasteiger partial charge in [0.05, 0.1) is 5.54 Å². The quantitative estimate of drug-likeness (QED) is 0.860. The number of benzene rings is 2. The fraction of sp³-hybridized carbons (Fsp3) is 0.278. The Morgan fingerprint density at radius 3 is 2.50 bits per heavy atom. The van der Waals surface area contributed by atoms with Crippen LogP contribution in [0.3, 0.4) is 0 Å². The molecule has 3 rings (SSSR count). The third-order valence-corrected chi connectivity index (χ3v) is 3.89. The lowest BCUT2D eigenvalue weighted by atomic mass is 10.2. The van der Waals surface area contributed by atoms with Gasteiger partial charge in [0.15, 0.2) is 0 Å². The summed E-state index contributed by atoms with van der Waals surface area (Å²) in [5.74, 6) is 0.707. The van der Waals surface area contributed by atoms with Crippen molar-refractivity contribution < 1.29 is 9.53 Å². The van der Waals surface area contributed by atoms with Crippen LogP contribution in [0.25, 0.3) is 0 Å². The number of hydrogen-bond donors (Lipinski definition) is 2. The van der Waals surface area contributed by atoms with Crippen LogP contribution in [0.1, 0.15) is 24.0 Å². The van der Waals surface area contributed by atoms with Crippen LogP contribution in [0.5, 0.6) is 5.75 Å². The monoisotopic (exact) mass is 296 g/mol. The lowest BCUT2D eigenvalue weighted by Gasteiger charge is -2.14. The lowest BCUT2D eigenvalue weighted by molar-refractivity contribution is -0.123. The second-order valence-corrected chi connectivity index (χ2v) is 5.72. The molecule has 0 aliphatic heterocycles. The Kier molecular flexibility index (Phi) is 4.11. The van der Waals surface area contributed by atoms with Crippen LogP contribution < -0.4 is 15.8 Å². The second kappa shape index (κ2) is 6.20. The highest BCUT2D eigenvalue weighted by Crippen LogP contribution is 2.32. The summed E-state index contributed by atoms with van der Waals surface area (Å²) >= 11 is 0. The Morgan fingerprint density at radius 2 is 1.77 bits per heavy atom. The molecule has 0 radical (unpaired) electrons. The Bertz CT molecular complexity index is 651. The lowest BCUT2D eigenvalue weighted by Crippen LogP contribution is -2.42. The van der Waals surface area contributed by atoms with Crippen molar-refractivity contribution in [2.75, 3.05) is 0 Å². The molecular formula is C18H20N2O2. The van der Waals surface area contributed by atoms with E-state index in [-0.39, 0.29) is 5.91 Å². The van der Waals surface area contributed by atoms with Gasteiger partial charge in [0.2, 0.25) is 5.91 Å². The standard InChI is InChI=1S/C18H20N2O2/c19-18(10-11-18)17(21)20-12-15-8-4-5-9-16(15)22-13-14-6-2-1-3-7-14/h1-9H,10-13,19H2,(H,20,21). The maximum absolute atomic E-state index is 11.9. The molecule has 4 nitrogen and oxygen atoms in total. The SMILES string of the molecule is NC1(C(=O)NCc2ccccc2OCc2ccccc2)CC1. The third kappa shape index (κ3) is 3.46.